The molecule has 1 amide bonds. The molecular weight excluding hydrogens is 214 g/mol. The van der Waals surface area contributed by atoms with Gasteiger partial charge in [0.25, 0.3) is 12.3 Å². The van der Waals surface area contributed by atoms with Gasteiger partial charge in [-0.25, -0.2) is 8.78 Å². The molecule has 0 unspecified atom stereocenters. The van der Waals surface area contributed by atoms with Crippen molar-refractivity contribution in [2.45, 2.75) is 20.3 Å². The van der Waals surface area contributed by atoms with Crippen molar-refractivity contribution in [1.82, 2.24) is 5.32 Å². The Morgan fingerprint density at radius 3 is 2.56 bits per heavy atom. The number of alkyl halides is 2. The zero-order chi connectivity index (χ0) is 12.3. The minimum Gasteiger partial charge on any atom is -0.398 e. The Morgan fingerprint density at radius 1 is 1.38 bits per heavy atom. The highest BCUT2D eigenvalue weighted by molar-refractivity contribution is 5.96. The first-order chi connectivity index (χ1) is 7.41. The lowest BCUT2D eigenvalue weighted by atomic mass is 10.0. The Balaban J connectivity index is 2.87. The first kappa shape index (κ1) is 12.4. The molecule has 0 aliphatic carbocycles. The minimum atomic E-state index is -2.55. The fraction of sp³-hybridized carbons (Fsp3) is 0.364. The predicted octanol–water partition coefficient (Wildman–Crippen LogP) is 1.88. The molecule has 0 spiro atoms. The van der Waals surface area contributed by atoms with E-state index in [1.807, 2.05) is 6.92 Å². The molecule has 16 heavy (non-hydrogen) atoms. The lowest BCUT2D eigenvalue weighted by Crippen LogP contribution is -2.29. The van der Waals surface area contributed by atoms with E-state index in [4.69, 9.17) is 5.73 Å². The number of rotatable bonds is 3. The number of hydrogen-bond donors (Lipinski definition) is 2. The maximum absolute atomic E-state index is 11.9. The Morgan fingerprint density at radius 2 is 2.00 bits per heavy atom. The third-order valence-corrected chi connectivity index (χ3v) is 2.27. The second-order valence-electron chi connectivity index (χ2n) is 3.62. The summed E-state index contributed by atoms with van der Waals surface area (Å²) < 4.78 is 23.8. The monoisotopic (exact) mass is 228 g/mol. The summed E-state index contributed by atoms with van der Waals surface area (Å²) >= 11 is 0. The summed E-state index contributed by atoms with van der Waals surface area (Å²) in [6.07, 6.45) is -2.55. The van der Waals surface area contributed by atoms with Crippen LogP contribution in [0.15, 0.2) is 12.1 Å². The van der Waals surface area contributed by atoms with Crippen LogP contribution in [0.5, 0.6) is 0 Å². The van der Waals surface area contributed by atoms with Gasteiger partial charge in [0.1, 0.15) is 0 Å². The van der Waals surface area contributed by atoms with E-state index in [9.17, 15) is 13.6 Å². The molecule has 0 heterocycles. The summed E-state index contributed by atoms with van der Waals surface area (Å²) in [4.78, 5) is 11.5. The molecular formula is C11H14F2N2O. The van der Waals surface area contributed by atoms with Crippen molar-refractivity contribution in [3.8, 4) is 0 Å². The third kappa shape index (κ3) is 2.92. The molecule has 0 saturated carbocycles. The first-order valence-corrected chi connectivity index (χ1v) is 4.85. The molecule has 0 aromatic heterocycles. The van der Waals surface area contributed by atoms with Gasteiger partial charge in [0.2, 0.25) is 0 Å². The number of benzene rings is 1. The van der Waals surface area contributed by atoms with Crippen LogP contribution in [0.2, 0.25) is 0 Å². The Labute approximate surface area is 92.6 Å². The van der Waals surface area contributed by atoms with Crippen molar-refractivity contribution in [3.05, 3.63) is 28.8 Å². The largest absolute Gasteiger partial charge is 0.398 e. The smallest absolute Gasteiger partial charge is 0.255 e. The summed E-state index contributed by atoms with van der Waals surface area (Å²) in [7, 11) is 0. The van der Waals surface area contributed by atoms with Gasteiger partial charge in [-0.1, -0.05) is 6.07 Å². The van der Waals surface area contributed by atoms with Crippen LogP contribution < -0.4 is 11.1 Å². The number of nitrogens with two attached hydrogens (primary N) is 1. The van der Waals surface area contributed by atoms with Crippen molar-refractivity contribution in [2.24, 2.45) is 0 Å². The van der Waals surface area contributed by atoms with E-state index in [2.05, 4.69) is 5.32 Å². The van der Waals surface area contributed by atoms with Crippen molar-refractivity contribution < 1.29 is 13.6 Å². The molecule has 3 N–H and O–H groups in total. The average molecular weight is 228 g/mol. The van der Waals surface area contributed by atoms with Crippen molar-refractivity contribution in [2.75, 3.05) is 12.3 Å². The Bertz CT molecular complexity index is 405. The van der Waals surface area contributed by atoms with E-state index in [0.29, 0.717) is 11.3 Å². The van der Waals surface area contributed by atoms with Gasteiger partial charge in [-0.3, -0.25) is 4.79 Å². The van der Waals surface area contributed by atoms with Crippen LogP contribution >= 0.6 is 0 Å². The SMILES string of the molecule is Cc1cc(C)c(C(=O)NCC(F)F)cc1N. The van der Waals surface area contributed by atoms with Crippen LogP contribution in [0.1, 0.15) is 21.5 Å². The summed E-state index contributed by atoms with van der Waals surface area (Å²) in [5, 5.41) is 2.14. The van der Waals surface area contributed by atoms with Gasteiger partial charge in [-0.2, -0.15) is 0 Å². The minimum absolute atomic E-state index is 0.337. The highest BCUT2D eigenvalue weighted by Crippen LogP contribution is 2.17. The van der Waals surface area contributed by atoms with E-state index < -0.39 is 18.9 Å². The van der Waals surface area contributed by atoms with Gasteiger partial charge in [-0.15, -0.1) is 0 Å². The maximum atomic E-state index is 11.9. The quantitative estimate of drug-likeness (QED) is 0.776. The van der Waals surface area contributed by atoms with Crippen LogP contribution in [0, 0.1) is 13.8 Å². The fourth-order valence-electron chi connectivity index (χ4n) is 1.38. The normalized spacial score (nSPS) is 10.6. The standard InChI is InChI=1S/C11H14F2N2O/c1-6-3-7(2)9(14)4-8(6)11(16)15-5-10(12)13/h3-4,10H,5,14H2,1-2H3,(H,15,16). The summed E-state index contributed by atoms with van der Waals surface area (Å²) in [6.45, 7) is 2.92. The van der Waals surface area contributed by atoms with E-state index in [1.165, 1.54) is 6.07 Å². The number of carbonyl (C=O) groups excluding carboxylic acids is 1. The van der Waals surface area contributed by atoms with Gasteiger partial charge in [-0.05, 0) is 31.0 Å². The highest BCUT2D eigenvalue weighted by atomic mass is 19.3. The fourth-order valence-corrected chi connectivity index (χ4v) is 1.38. The van der Waals surface area contributed by atoms with Crippen LogP contribution in [0.4, 0.5) is 14.5 Å². The van der Waals surface area contributed by atoms with Gasteiger partial charge in [0.05, 0.1) is 6.54 Å². The molecule has 0 aliphatic rings. The Hall–Kier alpha value is -1.65. The topological polar surface area (TPSA) is 55.1 Å². The predicted molar refractivity (Wildman–Crippen MR) is 58.7 cm³/mol. The van der Waals surface area contributed by atoms with Crippen molar-refractivity contribution in [3.63, 3.8) is 0 Å². The van der Waals surface area contributed by atoms with E-state index in [0.717, 1.165) is 11.1 Å². The van der Waals surface area contributed by atoms with Crippen LogP contribution in [-0.2, 0) is 0 Å². The molecule has 5 heteroatoms. The zero-order valence-corrected chi connectivity index (χ0v) is 9.18. The summed E-state index contributed by atoms with van der Waals surface area (Å²) in [5.74, 6) is -0.524. The molecule has 0 aliphatic heterocycles. The molecule has 0 radical (unpaired) electrons. The van der Waals surface area contributed by atoms with Gasteiger partial charge >= 0.3 is 0 Å². The number of nitrogen functional groups attached to an aromatic ring is 1. The van der Waals surface area contributed by atoms with Crippen LogP contribution in [0.25, 0.3) is 0 Å². The molecule has 1 aromatic rings. The number of amides is 1. The van der Waals surface area contributed by atoms with Crippen LogP contribution in [-0.4, -0.2) is 18.9 Å². The first-order valence-electron chi connectivity index (χ1n) is 4.85. The second kappa shape index (κ2) is 4.92. The van der Waals surface area contributed by atoms with E-state index >= 15 is 0 Å². The van der Waals surface area contributed by atoms with Gasteiger partial charge in [0, 0.05) is 11.3 Å². The number of carbonyl (C=O) groups is 1. The summed E-state index contributed by atoms with van der Waals surface area (Å²) in [5.41, 5.74) is 8.06. The molecule has 88 valence electrons. The molecule has 3 nitrogen and oxygen atoms in total. The summed E-state index contributed by atoms with van der Waals surface area (Å²) in [6, 6.07) is 3.26. The molecule has 0 atom stereocenters. The van der Waals surface area contributed by atoms with Crippen molar-refractivity contribution in [1.29, 1.82) is 0 Å². The molecule has 0 bridgehead atoms. The number of hydrogen-bond acceptors (Lipinski definition) is 2. The Kier molecular flexibility index (Phi) is 3.82. The molecule has 1 rings (SSSR count). The number of halogens is 2. The number of aryl methyl sites for hydroxylation is 2. The van der Waals surface area contributed by atoms with Gasteiger partial charge < -0.3 is 11.1 Å². The number of anilines is 1. The lowest BCUT2D eigenvalue weighted by molar-refractivity contribution is 0.0891. The molecule has 0 saturated heterocycles. The van der Waals surface area contributed by atoms with Gasteiger partial charge in [0.15, 0.2) is 0 Å². The second-order valence-corrected chi connectivity index (χ2v) is 3.62. The van der Waals surface area contributed by atoms with Crippen molar-refractivity contribution >= 4 is 11.6 Å². The van der Waals surface area contributed by atoms with E-state index in [-0.39, 0.29) is 0 Å². The molecule has 0 fully saturated rings. The third-order valence-electron chi connectivity index (χ3n) is 2.27. The number of nitrogens with one attached hydrogen (secondary N) is 1. The highest BCUT2D eigenvalue weighted by Gasteiger charge is 2.12. The van der Waals surface area contributed by atoms with E-state index in [1.54, 1.807) is 13.0 Å². The average Bonchev–Trinajstić information content (AvgIpc) is 2.20. The zero-order valence-electron chi connectivity index (χ0n) is 9.18. The molecule has 1 aromatic carbocycles. The lowest BCUT2D eigenvalue weighted by Gasteiger charge is -2.09. The maximum Gasteiger partial charge on any atom is 0.255 e. The van der Waals surface area contributed by atoms with Crippen LogP contribution in [0.3, 0.4) is 0 Å².